The van der Waals surface area contributed by atoms with Crippen molar-refractivity contribution in [2.45, 2.75) is 39.8 Å². The van der Waals surface area contributed by atoms with Crippen LogP contribution in [0.25, 0.3) is 0 Å². The third-order valence-electron chi connectivity index (χ3n) is 3.54. The van der Waals surface area contributed by atoms with Crippen LogP contribution in [0.15, 0.2) is 23.2 Å². The van der Waals surface area contributed by atoms with Crippen molar-refractivity contribution in [3.05, 3.63) is 23.8 Å². The lowest BCUT2D eigenvalue weighted by molar-refractivity contribution is -0.0514. The van der Waals surface area contributed by atoms with Gasteiger partial charge < -0.3 is 20.1 Å². The Morgan fingerprint density at radius 1 is 1.25 bits per heavy atom. The van der Waals surface area contributed by atoms with E-state index in [1.54, 1.807) is 19.1 Å². The number of halogens is 2. The highest BCUT2D eigenvalue weighted by molar-refractivity contribution is 5.79. The smallest absolute Gasteiger partial charge is 0.387 e. The fourth-order valence-electron chi connectivity index (χ4n) is 2.19. The molecule has 0 radical (unpaired) electrons. The van der Waals surface area contributed by atoms with E-state index in [9.17, 15) is 8.78 Å². The normalized spacial score (nSPS) is 14.6. The predicted molar refractivity (Wildman–Crippen MR) is 89.8 cm³/mol. The molecule has 1 aliphatic rings. The maximum atomic E-state index is 12.4. The van der Waals surface area contributed by atoms with Gasteiger partial charge in [0, 0.05) is 13.1 Å². The van der Waals surface area contributed by atoms with Crippen LogP contribution in [-0.4, -0.2) is 32.3 Å². The molecule has 5 nitrogen and oxygen atoms in total. The molecule has 0 heterocycles. The third-order valence-corrected chi connectivity index (χ3v) is 3.54. The summed E-state index contributed by atoms with van der Waals surface area (Å²) >= 11 is 0. The van der Waals surface area contributed by atoms with Gasteiger partial charge in [0.15, 0.2) is 17.5 Å². The second-order valence-electron chi connectivity index (χ2n) is 5.61. The summed E-state index contributed by atoms with van der Waals surface area (Å²) in [5, 5.41) is 6.51. The van der Waals surface area contributed by atoms with Gasteiger partial charge in [0.25, 0.3) is 0 Å². The molecule has 1 aromatic carbocycles. The van der Waals surface area contributed by atoms with Crippen molar-refractivity contribution in [2.75, 3.05) is 19.7 Å². The molecule has 0 bridgehead atoms. The lowest BCUT2D eigenvalue weighted by Crippen LogP contribution is -2.38. The van der Waals surface area contributed by atoms with E-state index in [-0.39, 0.29) is 5.75 Å². The van der Waals surface area contributed by atoms with E-state index in [0.717, 1.165) is 30.5 Å². The van der Waals surface area contributed by atoms with E-state index in [1.807, 2.05) is 6.92 Å². The summed E-state index contributed by atoms with van der Waals surface area (Å²) in [6.07, 6.45) is 2.55. The van der Waals surface area contributed by atoms with Gasteiger partial charge in [0.1, 0.15) is 0 Å². The van der Waals surface area contributed by atoms with Crippen molar-refractivity contribution in [1.29, 1.82) is 0 Å². The van der Waals surface area contributed by atoms with Crippen LogP contribution in [-0.2, 0) is 6.54 Å². The molecule has 1 aliphatic carbocycles. The quantitative estimate of drug-likeness (QED) is 0.535. The van der Waals surface area contributed by atoms with Gasteiger partial charge in [0.2, 0.25) is 0 Å². The molecule has 24 heavy (non-hydrogen) atoms. The van der Waals surface area contributed by atoms with Crippen LogP contribution in [0.1, 0.15) is 32.3 Å². The Labute approximate surface area is 141 Å². The van der Waals surface area contributed by atoms with Gasteiger partial charge in [-0.3, -0.25) is 0 Å². The summed E-state index contributed by atoms with van der Waals surface area (Å²) in [6.45, 7) is 3.44. The number of hydrogen-bond donors (Lipinski definition) is 2. The molecule has 0 aliphatic heterocycles. The minimum atomic E-state index is -2.87. The zero-order valence-corrected chi connectivity index (χ0v) is 14.1. The van der Waals surface area contributed by atoms with Crippen LogP contribution in [0.4, 0.5) is 8.78 Å². The Morgan fingerprint density at radius 3 is 2.67 bits per heavy atom. The van der Waals surface area contributed by atoms with Crippen molar-refractivity contribution in [2.24, 2.45) is 10.9 Å². The van der Waals surface area contributed by atoms with E-state index in [1.165, 1.54) is 18.9 Å². The Kier molecular flexibility index (Phi) is 7.08. The molecule has 1 aromatic rings. The minimum absolute atomic E-state index is 0.0401. The fourth-order valence-corrected chi connectivity index (χ4v) is 2.19. The Hall–Kier alpha value is -2.05. The summed E-state index contributed by atoms with van der Waals surface area (Å²) < 4.78 is 34.7. The van der Waals surface area contributed by atoms with Crippen LogP contribution in [0.2, 0.25) is 0 Å². The molecular weight excluding hydrogens is 316 g/mol. The molecule has 0 unspecified atom stereocenters. The highest BCUT2D eigenvalue weighted by Crippen LogP contribution is 2.30. The summed E-state index contributed by atoms with van der Waals surface area (Å²) in [6, 6.07) is 4.90. The summed E-state index contributed by atoms with van der Waals surface area (Å²) in [7, 11) is 0. The zero-order valence-electron chi connectivity index (χ0n) is 14.1. The van der Waals surface area contributed by atoms with E-state index >= 15 is 0 Å². The molecule has 2 N–H and O–H groups in total. The maximum absolute atomic E-state index is 12.4. The molecule has 134 valence electrons. The average molecular weight is 341 g/mol. The highest BCUT2D eigenvalue weighted by Gasteiger charge is 2.21. The van der Waals surface area contributed by atoms with Gasteiger partial charge in [0.05, 0.1) is 13.2 Å². The van der Waals surface area contributed by atoms with Crippen molar-refractivity contribution >= 4 is 5.96 Å². The number of nitrogens with one attached hydrogen (secondary N) is 2. The SMILES string of the molecule is CCNC(=NCc1ccc(OC(F)F)c(OCC)c1)NCC1CC1. The van der Waals surface area contributed by atoms with Gasteiger partial charge in [-0.2, -0.15) is 8.78 Å². The van der Waals surface area contributed by atoms with E-state index < -0.39 is 6.61 Å². The van der Waals surface area contributed by atoms with Crippen LogP contribution in [0.3, 0.4) is 0 Å². The molecule has 1 fully saturated rings. The molecule has 2 rings (SSSR count). The van der Waals surface area contributed by atoms with Crippen LogP contribution in [0.5, 0.6) is 11.5 Å². The number of guanidine groups is 1. The topological polar surface area (TPSA) is 54.9 Å². The molecule has 7 heteroatoms. The van der Waals surface area contributed by atoms with Crippen LogP contribution >= 0.6 is 0 Å². The fraction of sp³-hybridized carbons (Fsp3) is 0.588. The monoisotopic (exact) mass is 341 g/mol. The van der Waals surface area contributed by atoms with Gasteiger partial charge in [-0.25, -0.2) is 4.99 Å². The molecule has 0 atom stereocenters. The van der Waals surface area contributed by atoms with E-state index in [2.05, 4.69) is 20.4 Å². The Balaban J connectivity index is 2.02. The second-order valence-corrected chi connectivity index (χ2v) is 5.61. The molecule has 1 saturated carbocycles. The lowest BCUT2D eigenvalue weighted by Gasteiger charge is -2.13. The average Bonchev–Trinajstić information content (AvgIpc) is 3.36. The summed E-state index contributed by atoms with van der Waals surface area (Å²) in [5.74, 6) is 1.86. The van der Waals surface area contributed by atoms with Crippen molar-refractivity contribution in [3.8, 4) is 11.5 Å². The van der Waals surface area contributed by atoms with Crippen LogP contribution < -0.4 is 20.1 Å². The molecular formula is C17H25F2N3O2. The largest absolute Gasteiger partial charge is 0.490 e. The first kappa shape index (κ1) is 18.3. The number of alkyl halides is 2. The van der Waals surface area contributed by atoms with E-state index in [4.69, 9.17) is 4.74 Å². The van der Waals surface area contributed by atoms with Crippen molar-refractivity contribution in [3.63, 3.8) is 0 Å². The van der Waals surface area contributed by atoms with E-state index in [0.29, 0.717) is 18.9 Å². The number of ether oxygens (including phenoxy) is 2. The molecule has 0 saturated heterocycles. The van der Waals surface area contributed by atoms with Gasteiger partial charge in [-0.15, -0.1) is 0 Å². The number of rotatable bonds is 9. The molecule has 0 amide bonds. The maximum Gasteiger partial charge on any atom is 0.387 e. The number of aliphatic imine (C=N–C) groups is 1. The van der Waals surface area contributed by atoms with Gasteiger partial charge in [-0.1, -0.05) is 6.07 Å². The van der Waals surface area contributed by atoms with Crippen LogP contribution in [0, 0.1) is 5.92 Å². The third kappa shape index (κ3) is 6.22. The Morgan fingerprint density at radius 2 is 2.04 bits per heavy atom. The first-order valence-electron chi connectivity index (χ1n) is 8.35. The van der Waals surface area contributed by atoms with Crippen molar-refractivity contribution in [1.82, 2.24) is 10.6 Å². The minimum Gasteiger partial charge on any atom is -0.490 e. The Bertz CT molecular complexity index is 549. The summed E-state index contributed by atoms with van der Waals surface area (Å²) in [4.78, 5) is 4.53. The predicted octanol–water partition coefficient (Wildman–Crippen LogP) is 3.15. The van der Waals surface area contributed by atoms with Crippen molar-refractivity contribution < 1.29 is 18.3 Å². The van der Waals surface area contributed by atoms with Gasteiger partial charge in [-0.05, 0) is 50.3 Å². The number of benzene rings is 1. The van der Waals surface area contributed by atoms with Gasteiger partial charge >= 0.3 is 6.61 Å². The first-order valence-corrected chi connectivity index (χ1v) is 8.35. The molecule has 0 aromatic heterocycles. The zero-order chi connectivity index (χ0) is 17.4. The lowest BCUT2D eigenvalue weighted by atomic mass is 10.2. The molecule has 0 spiro atoms. The number of hydrogen-bond acceptors (Lipinski definition) is 3. The summed E-state index contributed by atoms with van der Waals surface area (Å²) in [5.41, 5.74) is 0.865. The number of nitrogens with zero attached hydrogens (tertiary/aromatic N) is 1. The standard InChI is InChI=1S/C17H25F2N3O2/c1-3-20-17(21-10-12-5-6-12)22-11-13-7-8-14(24-16(18)19)15(9-13)23-4-2/h7-9,12,16H,3-6,10-11H2,1-2H3,(H2,20,21,22). The second kappa shape index (κ2) is 9.30. The highest BCUT2D eigenvalue weighted by atomic mass is 19.3. The first-order chi connectivity index (χ1) is 11.6.